The van der Waals surface area contributed by atoms with Gasteiger partial charge in [0.15, 0.2) is 6.04 Å². The smallest absolute Gasteiger partial charge is 0.328 e. The van der Waals surface area contributed by atoms with E-state index in [0.717, 1.165) is 6.42 Å². The summed E-state index contributed by atoms with van der Waals surface area (Å²) < 4.78 is 0. The molecular weight excluding hydrogens is 236 g/mol. The molecule has 0 saturated heterocycles. The van der Waals surface area contributed by atoms with Gasteiger partial charge in [-0.25, -0.2) is 9.59 Å². The fourth-order valence-electron chi connectivity index (χ4n) is 1.66. The Morgan fingerprint density at radius 2 is 1.72 bits per heavy atom. The number of carbonyl (C=O) groups is 2. The van der Waals surface area contributed by atoms with Crippen LogP contribution in [0.15, 0.2) is 0 Å². The Bertz CT molecular complexity index is 292. The third kappa shape index (κ3) is 5.35. The molecule has 0 aliphatic rings. The van der Waals surface area contributed by atoms with Crippen LogP contribution in [-0.4, -0.2) is 52.3 Å². The molecule has 2 amide bonds. The molecular formula is C12H24N2O4. The SMILES string of the molecule is CC(C)CC(C)N(C)C(=O)NC(C(=O)O)C(C)O. The predicted molar refractivity (Wildman–Crippen MR) is 68.3 cm³/mol. The number of urea groups is 1. The molecule has 3 N–H and O–H groups in total. The average Bonchev–Trinajstić information content (AvgIpc) is 2.22. The van der Waals surface area contributed by atoms with Gasteiger partial charge in [-0.15, -0.1) is 0 Å². The van der Waals surface area contributed by atoms with Gasteiger partial charge in [-0.1, -0.05) is 13.8 Å². The first-order chi connectivity index (χ1) is 8.16. The number of amides is 2. The maximum atomic E-state index is 11.8. The van der Waals surface area contributed by atoms with Crippen molar-refractivity contribution in [1.29, 1.82) is 0 Å². The fourth-order valence-corrected chi connectivity index (χ4v) is 1.66. The Balaban J connectivity index is 4.50. The molecule has 0 aliphatic carbocycles. The monoisotopic (exact) mass is 260 g/mol. The molecule has 0 rings (SSSR count). The van der Waals surface area contributed by atoms with E-state index in [4.69, 9.17) is 5.11 Å². The standard InChI is InChI=1S/C12H24N2O4/c1-7(2)6-8(3)14(5)12(18)13-10(9(4)15)11(16)17/h7-10,15H,6H2,1-5H3,(H,13,18)(H,16,17). The van der Waals surface area contributed by atoms with Crippen LogP contribution in [0.1, 0.15) is 34.1 Å². The van der Waals surface area contributed by atoms with E-state index in [1.54, 1.807) is 7.05 Å². The van der Waals surface area contributed by atoms with Crippen molar-refractivity contribution in [3.8, 4) is 0 Å². The number of rotatable bonds is 6. The van der Waals surface area contributed by atoms with E-state index in [-0.39, 0.29) is 6.04 Å². The molecule has 0 saturated carbocycles. The molecule has 0 bridgehead atoms. The highest BCUT2D eigenvalue weighted by Gasteiger charge is 2.27. The Kier molecular flexibility index (Phi) is 6.68. The number of aliphatic hydroxyl groups excluding tert-OH is 1. The molecule has 0 fully saturated rings. The van der Waals surface area contributed by atoms with E-state index in [1.807, 2.05) is 6.92 Å². The molecule has 106 valence electrons. The van der Waals surface area contributed by atoms with Crippen LogP contribution in [0.5, 0.6) is 0 Å². The second-order valence-electron chi connectivity index (χ2n) is 5.10. The van der Waals surface area contributed by atoms with Crippen molar-refractivity contribution >= 4 is 12.0 Å². The zero-order valence-electron chi connectivity index (χ0n) is 11.7. The normalized spacial score (nSPS) is 15.9. The molecule has 0 heterocycles. The summed E-state index contributed by atoms with van der Waals surface area (Å²) in [5, 5.41) is 20.5. The van der Waals surface area contributed by atoms with E-state index >= 15 is 0 Å². The summed E-state index contributed by atoms with van der Waals surface area (Å²) >= 11 is 0. The number of carboxylic acids is 1. The van der Waals surface area contributed by atoms with Crippen molar-refractivity contribution < 1.29 is 19.8 Å². The minimum absolute atomic E-state index is 0.00782. The van der Waals surface area contributed by atoms with E-state index < -0.39 is 24.1 Å². The lowest BCUT2D eigenvalue weighted by molar-refractivity contribution is -0.141. The van der Waals surface area contributed by atoms with Gasteiger partial charge in [-0.2, -0.15) is 0 Å². The van der Waals surface area contributed by atoms with Crippen LogP contribution in [0, 0.1) is 5.92 Å². The van der Waals surface area contributed by atoms with Crippen LogP contribution in [0.2, 0.25) is 0 Å². The van der Waals surface area contributed by atoms with Gasteiger partial charge in [0.25, 0.3) is 0 Å². The Labute approximate surface area is 108 Å². The molecule has 6 nitrogen and oxygen atoms in total. The van der Waals surface area contributed by atoms with E-state index in [0.29, 0.717) is 5.92 Å². The number of carboxylic acid groups (broad SMARTS) is 1. The topological polar surface area (TPSA) is 89.9 Å². The number of nitrogens with one attached hydrogen (secondary N) is 1. The molecule has 0 spiro atoms. The first-order valence-corrected chi connectivity index (χ1v) is 6.11. The first kappa shape index (κ1) is 16.7. The van der Waals surface area contributed by atoms with Gasteiger partial charge in [-0.05, 0) is 26.2 Å². The second kappa shape index (κ2) is 7.20. The zero-order chi connectivity index (χ0) is 14.5. The molecule has 3 atom stereocenters. The van der Waals surface area contributed by atoms with E-state index in [9.17, 15) is 14.7 Å². The number of aliphatic carboxylic acids is 1. The maximum Gasteiger partial charge on any atom is 0.328 e. The Hall–Kier alpha value is -1.30. The molecule has 0 aliphatic heterocycles. The largest absolute Gasteiger partial charge is 0.480 e. The summed E-state index contributed by atoms with van der Waals surface area (Å²) in [4.78, 5) is 24.1. The van der Waals surface area contributed by atoms with Gasteiger partial charge in [0, 0.05) is 13.1 Å². The number of aliphatic hydroxyl groups is 1. The van der Waals surface area contributed by atoms with Crippen LogP contribution in [0.25, 0.3) is 0 Å². The molecule has 0 aromatic heterocycles. The maximum absolute atomic E-state index is 11.8. The molecule has 0 aromatic rings. The lowest BCUT2D eigenvalue weighted by Crippen LogP contribution is -2.53. The number of carbonyl (C=O) groups excluding carboxylic acids is 1. The minimum Gasteiger partial charge on any atom is -0.480 e. The number of hydrogen-bond acceptors (Lipinski definition) is 3. The van der Waals surface area contributed by atoms with Crippen molar-refractivity contribution in [1.82, 2.24) is 10.2 Å². The molecule has 6 heteroatoms. The summed E-state index contributed by atoms with van der Waals surface area (Å²) in [6.07, 6.45) is -0.309. The average molecular weight is 260 g/mol. The van der Waals surface area contributed by atoms with E-state index in [1.165, 1.54) is 11.8 Å². The van der Waals surface area contributed by atoms with Crippen LogP contribution in [-0.2, 0) is 4.79 Å². The summed E-state index contributed by atoms with van der Waals surface area (Å²) in [7, 11) is 1.61. The van der Waals surface area contributed by atoms with Gasteiger partial charge in [0.05, 0.1) is 6.10 Å². The van der Waals surface area contributed by atoms with Crippen LogP contribution in [0.4, 0.5) is 4.79 Å². The third-order valence-corrected chi connectivity index (χ3v) is 2.82. The van der Waals surface area contributed by atoms with Crippen LogP contribution in [0.3, 0.4) is 0 Å². The fraction of sp³-hybridized carbons (Fsp3) is 0.833. The van der Waals surface area contributed by atoms with Crippen LogP contribution >= 0.6 is 0 Å². The summed E-state index contributed by atoms with van der Waals surface area (Å²) in [5.41, 5.74) is 0. The molecule has 3 unspecified atom stereocenters. The van der Waals surface area contributed by atoms with Crippen LogP contribution < -0.4 is 5.32 Å². The van der Waals surface area contributed by atoms with Crippen molar-refractivity contribution in [2.75, 3.05) is 7.05 Å². The van der Waals surface area contributed by atoms with Crippen molar-refractivity contribution in [3.05, 3.63) is 0 Å². The van der Waals surface area contributed by atoms with Gasteiger partial charge >= 0.3 is 12.0 Å². The van der Waals surface area contributed by atoms with Crippen molar-refractivity contribution in [2.45, 2.75) is 52.3 Å². The summed E-state index contributed by atoms with van der Waals surface area (Å²) in [6, 6.07) is -1.77. The van der Waals surface area contributed by atoms with Crippen molar-refractivity contribution in [3.63, 3.8) is 0 Å². The van der Waals surface area contributed by atoms with Gasteiger partial charge in [-0.3, -0.25) is 0 Å². The zero-order valence-corrected chi connectivity index (χ0v) is 11.7. The predicted octanol–water partition coefficient (Wildman–Crippen LogP) is 0.896. The summed E-state index contributed by atoms with van der Waals surface area (Å²) in [5.74, 6) is -0.800. The summed E-state index contributed by atoms with van der Waals surface area (Å²) in [6.45, 7) is 7.34. The Morgan fingerprint density at radius 1 is 1.22 bits per heavy atom. The third-order valence-electron chi connectivity index (χ3n) is 2.82. The first-order valence-electron chi connectivity index (χ1n) is 6.11. The second-order valence-corrected chi connectivity index (χ2v) is 5.10. The lowest BCUT2D eigenvalue weighted by Gasteiger charge is -2.28. The van der Waals surface area contributed by atoms with Gasteiger partial charge in [0.2, 0.25) is 0 Å². The molecule has 0 radical (unpaired) electrons. The molecule has 0 aromatic carbocycles. The lowest BCUT2D eigenvalue weighted by atomic mass is 10.0. The number of nitrogens with zero attached hydrogens (tertiary/aromatic N) is 1. The molecule has 18 heavy (non-hydrogen) atoms. The van der Waals surface area contributed by atoms with Crippen molar-refractivity contribution in [2.24, 2.45) is 5.92 Å². The van der Waals surface area contributed by atoms with Gasteiger partial charge in [0.1, 0.15) is 0 Å². The quantitative estimate of drug-likeness (QED) is 0.661. The highest BCUT2D eigenvalue weighted by Crippen LogP contribution is 2.09. The number of hydrogen-bond donors (Lipinski definition) is 3. The Morgan fingerprint density at radius 3 is 2.06 bits per heavy atom. The highest BCUT2D eigenvalue weighted by molar-refractivity contribution is 5.83. The van der Waals surface area contributed by atoms with Gasteiger partial charge < -0.3 is 20.4 Å². The van der Waals surface area contributed by atoms with E-state index in [2.05, 4.69) is 19.2 Å². The minimum atomic E-state index is -1.29. The highest BCUT2D eigenvalue weighted by atomic mass is 16.4.